The molecular weight excluding hydrogens is 347 g/mol. The lowest BCUT2D eigenvalue weighted by molar-refractivity contribution is -0.141. The third kappa shape index (κ3) is 3.21. The molecule has 1 saturated heterocycles. The van der Waals surface area contributed by atoms with Gasteiger partial charge in [-0.2, -0.15) is 17.5 Å². The van der Waals surface area contributed by atoms with Crippen LogP contribution in [0.1, 0.15) is 12.0 Å². The first-order valence-electron chi connectivity index (χ1n) is 6.13. The number of nitrogens with zero attached hydrogens (tertiary/aromatic N) is 1. The Morgan fingerprint density at radius 1 is 1.36 bits per heavy atom. The van der Waals surface area contributed by atoms with E-state index < -0.39 is 38.5 Å². The van der Waals surface area contributed by atoms with Gasteiger partial charge in [-0.15, -0.1) is 0 Å². The van der Waals surface area contributed by atoms with E-state index >= 15 is 0 Å². The fourth-order valence-corrected chi connectivity index (χ4v) is 4.10. The minimum absolute atomic E-state index is 0.0590. The summed E-state index contributed by atoms with van der Waals surface area (Å²) in [4.78, 5) is 9.94. The largest absolute Gasteiger partial charge is 0.481 e. The van der Waals surface area contributed by atoms with Crippen LogP contribution in [0.3, 0.4) is 0 Å². The molecule has 10 heteroatoms. The second-order valence-electron chi connectivity index (χ2n) is 4.83. The molecule has 1 aliphatic rings. The molecule has 1 aromatic carbocycles. The van der Waals surface area contributed by atoms with Gasteiger partial charge in [-0.05, 0) is 24.6 Å². The van der Waals surface area contributed by atoms with Crippen molar-refractivity contribution in [2.75, 3.05) is 13.1 Å². The smallest absolute Gasteiger partial charge is 0.417 e. The van der Waals surface area contributed by atoms with Crippen LogP contribution in [0.15, 0.2) is 23.1 Å². The molecule has 22 heavy (non-hydrogen) atoms. The maximum atomic E-state index is 13.0. The summed E-state index contributed by atoms with van der Waals surface area (Å²) < 4.78 is 64.5. The number of rotatable bonds is 3. The van der Waals surface area contributed by atoms with Gasteiger partial charge < -0.3 is 5.11 Å². The summed E-state index contributed by atoms with van der Waals surface area (Å²) in [5.41, 5.74) is -1.36. The third-order valence-corrected chi connectivity index (χ3v) is 5.52. The van der Waals surface area contributed by atoms with E-state index in [-0.39, 0.29) is 24.5 Å². The van der Waals surface area contributed by atoms with Gasteiger partial charge in [0.1, 0.15) is 0 Å². The molecule has 1 unspecified atom stereocenters. The Bertz CT molecular complexity index is 705. The first kappa shape index (κ1) is 17.0. The van der Waals surface area contributed by atoms with Gasteiger partial charge in [0.25, 0.3) is 0 Å². The molecule has 0 saturated carbocycles. The van der Waals surface area contributed by atoms with Gasteiger partial charge in [0.2, 0.25) is 10.0 Å². The van der Waals surface area contributed by atoms with Crippen molar-refractivity contribution < 1.29 is 31.5 Å². The monoisotopic (exact) mass is 357 g/mol. The fourth-order valence-electron chi connectivity index (χ4n) is 2.24. The first-order valence-corrected chi connectivity index (χ1v) is 7.95. The van der Waals surface area contributed by atoms with Crippen molar-refractivity contribution in [3.63, 3.8) is 0 Å². The van der Waals surface area contributed by atoms with E-state index in [1.807, 2.05) is 0 Å². The molecule has 0 aromatic heterocycles. The lowest BCUT2D eigenvalue weighted by Gasteiger charge is -2.19. The van der Waals surface area contributed by atoms with E-state index in [0.717, 1.165) is 16.4 Å². The van der Waals surface area contributed by atoms with Crippen LogP contribution in [-0.2, 0) is 21.0 Å². The number of carboxylic acids is 1. The Morgan fingerprint density at radius 2 is 2.00 bits per heavy atom. The highest BCUT2D eigenvalue weighted by Gasteiger charge is 2.42. The van der Waals surface area contributed by atoms with Gasteiger partial charge in [0.15, 0.2) is 0 Å². The minimum atomic E-state index is -4.89. The minimum Gasteiger partial charge on any atom is -0.481 e. The van der Waals surface area contributed by atoms with E-state index in [0.29, 0.717) is 6.07 Å². The van der Waals surface area contributed by atoms with Crippen LogP contribution in [0.2, 0.25) is 5.02 Å². The van der Waals surface area contributed by atoms with E-state index in [1.54, 1.807) is 0 Å². The molecule has 1 fully saturated rings. The number of benzene rings is 1. The highest BCUT2D eigenvalue weighted by atomic mass is 35.5. The van der Waals surface area contributed by atoms with Gasteiger partial charge in [-0.25, -0.2) is 8.42 Å². The Labute approximate surface area is 129 Å². The summed E-state index contributed by atoms with van der Waals surface area (Å²) in [5, 5.41) is 8.63. The van der Waals surface area contributed by atoms with Gasteiger partial charge in [0, 0.05) is 18.1 Å². The zero-order chi connectivity index (χ0) is 16.7. The van der Waals surface area contributed by atoms with Crippen LogP contribution >= 0.6 is 11.6 Å². The molecule has 0 spiro atoms. The highest BCUT2D eigenvalue weighted by Crippen LogP contribution is 2.37. The summed E-state index contributed by atoms with van der Waals surface area (Å²) in [6.45, 7) is -0.489. The predicted octanol–water partition coefficient (Wildman–Crippen LogP) is 2.45. The first-order chi connectivity index (χ1) is 10.0. The van der Waals surface area contributed by atoms with Gasteiger partial charge in [0.05, 0.1) is 16.4 Å². The number of carboxylic acid groups (broad SMARTS) is 1. The van der Waals surface area contributed by atoms with Crippen molar-refractivity contribution in [2.45, 2.75) is 17.5 Å². The zero-order valence-electron chi connectivity index (χ0n) is 11.0. The van der Waals surface area contributed by atoms with E-state index in [2.05, 4.69) is 0 Å². The Hall–Kier alpha value is -1.32. The number of hydrogen-bond donors (Lipinski definition) is 1. The van der Waals surface area contributed by atoms with Crippen LogP contribution in [-0.4, -0.2) is 36.9 Å². The molecule has 2 rings (SSSR count). The Morgan fingerprint density at radius 3 is 2.50 bits per heavy atom. The van der Waals surface area contributed by atoms with Crippen molar-refractivity contribution in [1.29, 1.82) is 0 Å². The Kier molecular flexibility index (Phi) is 4.42. The highest BCUT2D eigenvalue weighted by molar-refractivity contribution is 7.89. The van der Waals surface area contributed by atoms with Crippen molar-refractivity contribution >= 4 is 27.6 Å². The van der Waals surface area contributed by atoms with Crippen molar-refractivity contribution in [1.82, 2.24) is 4.31 Å². The van der Waals surface area contributed by atoms with Gasteiger partial charge >= 0.3 is 12.1 Å². The molecule has 0 aliphatic carbocycles. The molecule has 1 aliphatic heterocycles. The van der Waals surface area contributed by atoms with Crippen LogP contribution in [0.4, 0.5) is 13.2 Å². The molecule has 122 valence electrons. The second kappa shape index (κ2) is 5.71. The molecule has 1 N–H and O–H groups in total. The molecular formula is C12H11ClF3NO4S. The molecule has 1 heterocycles. The average Bonchev–Trinajstić information content (AvgIpc) is 2.87. The predicted molar refractivity (Wildman–Crippen MR) is 71.0 cm³/mol. The summed E-state index contributed by atoms with van der Waals surface area (Å²) >= 11 is 5.51. The molecule has 0 radical (unpaired) electrons. The summed E-state index contributed by atoms with van der Waals surface area (Å²) in [5.74, 6) is -2.10. The number of halogens is 4. The molecule has 0 amide bonds. The van der Waals surface area contributed by atoms with Gasteiger partial charge in [-0.3, -0.25) is 4.79 Å². The summed E-state index contributed by atoms with van der Waals surface area (Å²) in [6.07, 6.45) is -4.83. The standard InChI is InChI=1S/C12H11ClF3NO4S/c13-8-1-2-10(9(5-8)12(14,15)16)22(20,21)17-4-3-7(6-17)11(18)19/h1-2,5,7H,3-4,6H2,(H,18,19). The van der Waals surface area contributed by atoms with Crippen molar-refractivity contribution in [2.24, 2.45) is 5.92 Å². The quantitative estimate of drug-likeness (QED) is 0.901. The van der Waals surface area contributed by atoms with Crippen LogP contribution in [0, 0.1) is 5.92 Å². The number of alkyl halides is 3. The van der Waals surface area contributed by atoms with Crippen LogP contribution in [0.5, 0.6) is 0 Å². The van der Waals surface area contributed by atoms with E-state index in [4.69, 9.17) is 16.7 Å². The topological polar surface area (TPSA) is 74.7 Å². The van der Waals surface area contributed by atoms with Crippen LogP contribution in [0.25, 0.3) is 0 Å². The fraction of sp³-hybridized carbons (Fsp3) is 0.417. The SMILES string of the molecule is O=C(O)C1CCN(S(=O)(=O)c2ccc(Cl)cc2C(F)(F)F)C1. The maximum Gasteiger partial charge on any atom is 0.417 e. The molecule has 0 bridgehead atoms. The third-order valence-electron chi connectivity index (χ3n) is 3.37. The van der Waals surface area contributed by atoms with Crippen molar-refractivity contribution in [3.05, 3.63) is 28.8 Å². The molecule has 1 aromatic rings. The van der Waals surface area contributed by atoms with Crippen molar-refractivity contribution in [3.8, 4) is 0 Å². The number of sulfonamides is 1. The average molecular weight is 358 g/mol. The van der Waals surface area contributed by atoms with E-state index in [9.17, 15) is 26.4 Å². The second-order valence-corrected chi connectivity index (χ2v) is 7.17. The Balaban J connectivity index is 2.45. The number of aliphatic carboxylic acids is 1. The number of carbonyl (C=O) groups is 1. The van der Waals surface area contributed by atoms with E-state index in [1.165, 1.54) is 0 Å². The molecule has 5 nitrogen and oxygen atoms in total. The van der Waals surface area contributed by atoms with Gasteiger partial charge in [-0.1, -0.05) is 11.6 Å². The van der Waals surface area contributed by atoms with Crippen LogP contribution < -0.4 is 0 Å². The normalized spacial score (nSPS) is 20.3. The molecule has 1 atom stereocenters. The lowest BCUT2D eigenvalue weighted by atomic mass is 10.1. The summed E-state index contributed by atoms with van der Waals surface area (Å²) in [7, 11) is -4.44. The zero-order valence-corrected chi connectivity index (χ0v) is 12.5. The summed E-state index contributed by atoms with van der Waals surface area (Å²) in [6, 6.07) is 2.38. The lowest BCUT2D eigenvalue weighted by Crippen LogP contribution is -2.31. The number of hydrogen-bond acceptors (Lipinski definition) is 3. The maximum absolute atomic E-state index is 13.0.